The Hall–Kier alpha value is -1.83. The highest BCUT2D eigenvalue weighted by atomic mass is 16.5. The van der Waals surface area contributed by atoms with Gasteiger partial charge < -0.3 is 4.74 Å². The third-order valence-electron chi connectivity index (χ3n) is 2.53. The molecule has 0 aromatic heterocycles. The van der Waals surface area contributed by atoms with Gasteiger partial charge in [0.15, 0.2) is 0 Å². The maximum absolute atomic E-state index is 11.1. The van der Waals surface area contributed by atoms with Crippen molar-refractivity contribution in [1.29, 1.82) is 0 Å². The smallest absolute Gasteiger partial charge is 0.315 e. The van der Waals surface area contributed by atoms with Crippen LogP contribution < -0.4 is 4.74 Å². The summed E-state index contributed by atoms with van der Waals surface area (Å²) in [5.74, 6) is 0.583. The number of carbonyl (C=O) groups excluding carboxylic acids is 1. The number of esters is 1. The Morgan fingerprint density at radius 2 is 2.00 bits per heavy atom. The van der Waals surface area contributed by atoms with Gasteiger partial charge in [-0.1, -0.05) is 30.3 Å². The predicted octanol–water partition coefficient (Wildman–Crippen LogP) is 2.25. The maximum Gasteiger partial charge on any atom is 0.315 e. The second-order valence-corrected chi connectivity index (χ2v) is 3.42. The molecule has 0 saturated carbocycles. The average Bonchev–Trinajstić information content (AvgIpc) is 2.55. The Kier molecular flexibility index (Phi) is 1.39. The summed E-state index contributed by atoms with van der Waals surface area (Å²) in [5, 5.41) is 0. The van der Waals surface area contributed by atoms with E-state index in [0.29, 0.717) is 6.42 Å². The Bertz CT molecular complexity index is 488. The molecule has 0 saturated heterocycles. The van der Waals surface area contributed by atoms with Crippen molar-refractivity contribution in [2.45, 2.75) is 6.42 Å². The van der Waals surface area contributed by atoms with E-state index < -0.39 is 0 Å². The molecule has 0 radical (unpaired) electrons. The van der Waals surface area contributed by atoms with Crippen molar-refractivity contribution >= 4 is 5.97 Å². The van der Waals surface area contributed by atoms with E-state index in [2.05, 4.69) is 0 Å². The predicted molar refractivity (Wildman–Crippen MR) is 52.4 cm³/mol. The van der Waals surface area contributed by atoms with Crippen molar-refractivity contribution in [3.63, 3.8) is 0 Å². The van der Waals surface area contributed by atoms with Gasteiger partial charge in [0.1, 0.15) is 5.75 Å². The molecule has 0 atom stereocenters. The molecule has 3 aliphatic rings. The highest BCUT2D eigenvalue weighted by molar-refractivity contribution is 5.89. The van der Waals surface area contributed by atoms with Crippen LogP contribution in [0.15, 0.2) is 36.4 Å². The van der Waals surface area contributed by atoms with Gasteiger partial charge in [0.25, 0.3) is 0 Å². The van der Waals surface area contributed by atoms with Gasteiger partial charge >= 0.3 is 5.97 Å². The fourth-order valence-corrected chi connectivity index (χ4v) is 1.90. The Morgan fingerprint density at radius 3 is 2.93 bits per heavy atom. The Balaban J connectivity index is 2.30. The van der Waals surface area contributed by atoms with Crippen LogP contribution in [-0.4, -0.2) is 5.97 Å². The minimum atomic E-state index is -0.150. The zero-order valence-corrected chi connectivity index (χ0v) is 7.49. The molecule has 3 rings (SSSR count). The quantitative estimate of drug-likeness (QED) is 0.587. The second-order valence-electron chi connectivity index (χ2n) is 3.42. The molecule has 0 amide bonds. The zero-order chi connectivity index (χ0) is 9.54. The molecule has 1 heterocycles. The molecule has 0 spiro atoms. The largest absolute Gasteiger partial charge is 0.426 e. The number of hydrogen-bond donors (Lipinski definition) is 0. The minimum Gasteiger partial charge on any atom is -0.426 e. The first-order valence-corrected chi connectivity index (χ1v) is 4.56. The molecule has 2 nitrogen and oxygen atoms in total. The first-order chi connectivity index (χ1) is 6.84. The lowest BCUT2D eigenvalue weighted by Gasteiger charge is -1.93. The van der Waals surface area contributed by atoms with Crippen molar-refractivity contribution in [2.75, 3.05) is 0 Å². The lowest BCUT2D eigenvalue weighted by molar-refractivity contribution is -0.131. The zero-order valence-electron chi connectivity index (χ0n) is 7.49. The maximum atomic E-state index is 11.1. The normalized spacial score (nSPS) is 14.1. The highest BCUT2D eigenvalue weighted by Crippen LogP contribution is 2.39. The van der Waals surface area contributed by atoms with E-state index in [-0.39, 0.29) is 5.97 Å². The van der Waals surface area contributed by atoms with E-state index in [1.807, 2.05) is 36.4 Å². The van der Waals surface area contributed by atoms with Gasteiger partial charge in [0.2, 0.25) is 0 Å². The lowest BCUT2D eigenvalue weighted by atomic mass is 10.1. The third-order valence-corrected chi connectivity index (χ3v) is 2.53. The van der Waals surface area contributed by atoms with Crippen LogP contribution in [0.25, 0.3) is 11.1 Å². The summed E-state index contributed by atoms with van der Waals surface area (Å²) in [6.07, 6.45) is 0.406. The average molecular weight is 184 g/mol. The molecule has 2 heteroatoms. The van der Waals surface area contributed by atoms with Crippen molar-refractivity contribution in [1.82, 2.24) is 0 Å². The molecule has 0 bridgehead atoms. The molecule has 0 N–H and O–H groups in total. The van der Waals surface area contributed by atoms with Crippen LogP contribution in [0.1, 0.15) is 5.56 Å². The van der Waals surface area contributed by atoms with Gasteiger partial charge in [-0.15, -0.1) is 0 Å². The van der Waals surface area contributed by atoms with E-state index in [4.69, 9.17) is 4.74 Å². The van der Waals surface area contributed by atoms with Gasteiger partial charge in [-0.2, -0.15) is 0 Å². The van der Waals surface area contributed by atoms with Crippen LogP contribution in [0.3, 0.4) is 0 Å². The van der Waals surface area contributed by atoms with Crippen LogP contribution in [0.2, 0.25) is 0 Å². The summed E-state index contributed by atoms with van der Waals surface area (Å²) < 4.78 is 5.08. The Morgan fingerprint density at radius 1 is 1.14 bits per heavy atom. The first-order valence-electron chi connectivity index (χ1n) is 4.56. The van der Waals surface area contributed by atoms with E-state index in [1.165, 1.54) is 0 Å². The summed E-state index contributed by atoms with van der Waals surface area (Å²) >= 11 is 0. The van der Waals surface area contributed by atoms with Crippen LogP contribution in [0, 0.1) is 0 Å². The summed E-state index contributed by atoms with van der Waals surface area (Å²) in [6.45, 7) is 0. The highest BCUT2D eigenvalue weighted by Gasteiger charge is 2.26. The van der Waals surface area contributed by atoms with Crippen molar-refractivity contribution in [3.8, 4) is 16.9 Å². The van der Waals surface area contributed by atoms with Crippen LogP contribution >= 0.6 is 0 Å². The van der Waals surface area contributed by atoms with Crippen LogP contribution in [0.4, 0.5) is 0 Å². The van der Waals surface area contributed by atoms with Gasteiger partial charge in [-0.3, -0.25) is 4.79 Å². The number of hydrogen-bond acceptors (Lipinski definition) is 2. The van der Waals surface area contributed by atoms with Gasteiger partial charge in [0, 0.05) is 5.56 Å². The Labute approximate surface area is 81.5 Å². The molecule has 0 aromatic carbocycles. The molecular weight excluding hydrogens is 176 g/mol. The molecule has 2 aliphatic carbocycles. The second kappa shape index (κ2) is 2.58. The monoisotopic (exact) mass is 184 g/mol. The lowest BCUT2D eigenvalue weighted by Crippen LogP contribution is -2.01. The standard InChI is InChI=1S/C12H8O2/c13-12-7-10-9-5-3-1-2-4-8(9)6-11(10)14-12/h1-6H,7H2. The van der Waals surface area contributed by atoms with Gasteiger partial charge in [-0.05, 0) is 17.2 Å². The SMILES string of the molecule is O=C1Cc2c(cc3cccccc2-3)O1. The molecule has 68 valence electrons. The van der Waals surface area contributed by atoms with Crippen LogP contribution in [0.5, 0.6) is 5.75 Å². The summed E-state index contributed by atoms with van der Waals surface area (Å²) in [5.41, 5.74) is 3.28. The fraction of sp³-hybridized carbons (Fsp3) is 0.0833. The topological polar surface area (TPSA) is 26.3 Å². The summed E-state index contributed by atoms with van der Waals surface area (Å²) in [4.78, 5) is 11.1. The number of fused-ring (bicyclic) bond motifs is 3. The van der Waals surface area contributed by atoms with Crippen molar-refractivity contribution in [2.24, 2.45) is 0 Å². The molecule has 0 aromatic rings. The van der Waals surface area contributed by atoms with Gasteiger partial charge in [-0.25, -0.2) is 0 Å². The summed E-state index contributed by atoms with van der Waals surface area (Å²) in [7, 11) is 0. The van der Waals surface area contributed by atoms with E-state index in [0.717, 1.165) is 22.4 Å². The van der Waals surface area contributed by atoms with E-state index in [1.54, 1.807) is 0 Å². The minimum absolute atomic E-state index is 0.150. The fourth-order valence-electron chi connectivity index (χ4n) is 1.90. The number of carbonyl (C=O) groups is 1. The molecular formula is C12H8O2. The number of ether oxygens (including phenoxy) is 1. The first kappa shape index (κ1) is 7.56. The third kappa shape index (κ3) is 0.940. The number of rotatable bonds is 0. The molecule has 1 aliphatic heterocycles. The van der Waals surface area contributed by atoms with Gasteiger partial charge in [0.05, 0.1) is 6.42 Å². The van der Waals surface area contributed by atoms with Crippen molar-refractivity contribution in [3.05, 3.63) is 42.0 Å². The van der Waals surface area contributed by atoms with E-state index in [9.17, 15) is 4.79 Å². The van der Waals surface area contributed by atoms with Crippen LogP contribution in [-0.2, 0) is 11.2 Å². The van der Waals surface area contributed by atoms with E-state index >= 15 is 0 Å². The summed E-state index contributed by atoms with van der Waals surface area (Å²) in [6, 6.07) is 11.9. The van der Waals surface area contributed by atoms with Crippen molar-refractivity contribution < 1.29 is 9.53 Å². The molecule has 0 unspecified atom stereocenters. The molecule has 0 fully saturated rings. The molecule has 14 heavy (non-hydrogen) atoms.